The number of rotatable bonds is 2. The van der Waals surface area contributed by atoms with E-state index in [1.807, 2.05) is 18.2 Å². The van der Waals surface area contributed by atoms with Crippen molar-refractivity contribution in [3.05, 3.63) is 41.9 Å². The minimum absolute atomic E-state index is 0.351. The number of nitriles is 1. The molecule has 1 aromatic carbocycles. The van der Waals surface area contributed by atoms with Crippen molar-refractivity contribution in [2.24, 2.45) is 0 Å². The number of aromatic amines is 1. The first-order chi connectivity index (χ1) is 7.33. The monoisotopic (exact) mass is 197 g/mol. The number of aromatic nitrogens is 2. The van der Waals surface area contributed by atoms with Crippen LogP contribution in [-0.2, 0) is 6.42 Å². The molecule has 1 N–H and O–H groups in total. The molecular weight excluding hydrogens is 186 g/mol. The first-order valence-corrected chi connectivity index (χ1v) is 4.88. The predicted molar refractivity (Wildman–Crippen MR) is 58.1 cm³/mol. The van der Waals surface area contributed by atoms with Crippen LogP contribution in [0.4, 0.5) is 0 Å². The van der Waals surface area contributed by atoms with Crippen LogP contribution in [0.25, 0.3) is 11.3 Å². The maximum Gasteiger partial charge on any atom is 0.210 e. The molecule has 0 aliphatic rings. The molecule has 1 aromatic heterocycles. The molecule has 3 heteroatoms. The lowest BCUT2D eigenvalue weighted by Gasteiger charge is -1.99. The minimum atomic E-state index is 0.351. The fraction of sp³-hybridized carbons (Fsp3) is 0.167. The van der Waals surface area contributed by atoms with Gasteiger partial charge in [0.1, 0.15) is 6.07 Å². The van der Waals surface area contributed by atoms with Crippen LogP contribution in [0.5, 0.6) is 0 Å². The van der Waals surface area contributed by atoms with Gasteiger partial charge in [0.2, 0.25) is 5.82 Å². The van der Waals surface area contributed by atoms with E-state index in [2.05, 4.69) is 29.0 Å². The number of benzene rings is 1. The summed E-state index contributed by atoms with van der Waals surface area (Å²) in [6.45, 7) is 2.12. The van der Waals surface area contributed by atoms with Gasteiger partial charge in [-0.15, -0.1) is 0 Å². The third-order valence-electron chi connectivity index (χ3n) is 2.35. The van der Waals surface area contributed by atoms with E-state index in [1.165, 1.54) is 5.56 Å². The molecule has 0 fully saturated rings. The summed E-state index contributed by atoms with van der Waals surface area (Å²) < 4.78 is 0. The second-order valence-corrected chi connectivity index (χ2v) is 3.31. The summed E-state index contributed by atoms with van der Waals surface area (Å²) >= 11 is 0. The maximum atomic E-state index is 8.64. The molecule has 15 heavy (non-hydrogen) atoms. The first kappa shape index (κ1) is 9.47. The Balaban J connectivity index is 2.33. The van der Waals surface area contributed by atoms with Crippen LogP contribution in [0.2, 0.25) is 0 Å². The van der Waals surface area contributed by atoms with Gasteiger partial charge in [-0.1, -0.05) is 31.2 Å². The number of hydrogen-bond donors (Lipinski definition) is 1. The van der Waals surface area contributed by atoms with Gasteiger partial charge in [0.05, 0.1) is 11.9 Å². The molecule has 0 aliphatic heterocycles. The molecule has 3 nitrogen and oxygen atoms in total. The second-order valence-electron chi connectivity index (χ2n) is 3.31. The highest BCUT2D eigenvalue weighted by Crippen LogP contribution is 2.17. The van der Waals surface area contributed by atoms with Gasteiger partial charge >= 0.3 is 0 Å². The average molecular weight is 197 g/mol. The van der Waals surface area contributed by atoms with Crippen LogP contribution in [-0.4, -0.2) is 9.97 Å². The van der Waals surface area contributed by atoms with E-state index in [9.17, 15) is 0 Å². The molecule has 0 bridgehead atoms. The Bertz CT molecular complexity index is 488. The summed E-state index contributed by atoms with van der Waals surface area (Å²) in [6, 6.07) is 10.2. The van der Waals surface area contributed by atoms with Gasteiger partial charge in [-0.3, -0.25) is 0 Å². The van der Waals surface area contributed by atoms with Gasteiger partial charge in [-0.25, -0.2) is 4.98 Å². The molecule has 2 aromatic rings. The van der Waals surface area contributed by atoms with Crippen molar-refractivity contribution in [3.8, 4) is 17.3 Å². The van der Waals surface area contributed by atoms with Crippen LogP contribution in [0.15, 0.2) is 30.5 Å². The van der Waals surface area contributed by atoms with Crippen molar-refractivity contribution < 1.29 is 0 Å². The highest BCUT2D eigenvalue weighted by molar-refractivity contribution is 5.59. The summed E-state index contributed by atoms with van der Waals surface area (Å²) in [6.07, 6.45) is 2.71. The summed E-state index contributed by atoms with van der Waals surface area (Å²) in [5.41, 5.74) is 3.24. The molecule has 0 saturated carbocycles. The third-order valence-corrected chi connectivity index (χ3v) is 2.35. The van der Waals surface area contributed by atoms with E-state index in [4.69, 9.17) is 5.26 Å². The molecule has 2 rings (SSSR count). The van der Waals surface area contributed by atoms with Crippen molar-refractivity contribution in [1.82, 2.24) is 9.97 Å². The van der Waals surface area contributed by atoms with Gasteiger partial charge in [0, 0.05) is 0 Å². The number of aryl methyl sites for hydroxylation is 1. The van der Waals surface area contributed by atoms with Crippen molar-refractivity contribution in [1.29, 1.82) is 5.26 Å². The molecule has 0 amide bonds. The molecular formula is C12H11N3. The highest BCUT2D eigenvalue weighted by Gasteiger charge is 2.01. The van der Waals surface area contributed by atoms with E-state index in [0.717, 1.165) is 17.7 Å². The topological polar surface area (TPSA) is 52.5 Å². The first-order valence-electron chi connectivity index (χ1n) is 4.88. The van der Waals surface area contributed by atoms with Crippen molar-refractivity contribution in [3.63, 3.8) is 0 Å². The Morgan fingerprint density at radius 1 is 1.33 bits per heavy atom. The Kier molecular flexibility index (Phi) is 2.51. The van der Waals surface area contributed by atoms with Crippen LogP contribution in [0.1, 0.15) is 18.3 Å². The lowest BCUT2D eigenvalue weighted by atomic mass is 10.1. The molecule has 0 unspecified atom stereocenters. The second kappa shape index (κ2) is 3.97. The summed E-state index contributed by atoms with van der Waals surface area (Å²) in [5.74, 6) is 0.351. The predicted octanol–water partition coefficient (Wildman–Crippen LogP) is 2.51. The van der Waals surface area contributed by atoms with Gasteiger partial charge in [-0.2, -0.15) is 5.26 Å². The molecule has 0 saturated heterocycles. The van der Waals surface area contributed by atoms with Gasteiger partial charge < -0.3 is 4.98 Å². The van der Waals surface area contributed by atoms with E-state index >= 15 is 0 Å². The highest BCUT2D eigenvalue weighted by atomic mass is 14.9. The van der Waals surface area contributed by atoms with Crippen molar-refractivity contribution in [2.45, 2.75) is 13.3 Å². The number of nitrogens with zero attached hydrogens (tertiary/aromatic N) is 2. The SMILES string of the molecule is CCc1ccc(-c2cnc(C#N)[nH]2)cc1. The Morgan fingerprint density at radius 2 is 2.07 bits per heavy atom. The number of H-pyrrole nitrogens is 1. The molecule has 0 spiro atoms. The normalized spacial score (nSPS) is 9.87. The van der Waals surface area contributed by atoms with Gasteiger partial charge in [0.25, 0.3) is 0 Å². The smallest absolute Gasteiger partial charge is 0.210 e. The minimum Gasteiger partial charge on any atom is -0.329 e. The van der Waals surface area contributed by atoms with Gasteiger partial charge in [0.15, 0.2) is 0 Å². The van der Waals surface area contributed by atoms with Crippen LogP contribution in [0, 0.1) is 11.3 Å². The lowest BCUT2D eigenvalue weighted by molar-refractivity contribution is 1.14. The quantitative estimate of drug-likeness (QED) is 0.804. The lowest BCUT2D eigenvalue weighted by Crippen LogP contribution is -1.81. The zero-order chi connectivity index (χ0) is 10.7. The van der Waals surface area contributed by atoms with Gasteiger partial charge in [-0.05, 0) is 17.5 Å². The molecule has 1 heterocycles. The van der Waals surface area contributed by atoms with Crippen LogP contribution < -0.4 is 0 Å². The molecule has 0 aliphatic carbocycles. The van der Waals surface area contributed by atoms with E-state index in [1.54, 1.807) is 6.20 Å². The Morgan fingerprint density at radius 3 is 2.60 bits per heavy atom. The standard InChI is InChI=1S/C12H11N3/c1-2-9-3-5-10(6-4-9)11-8-14-12(7-13)15-11/h3-6,8H,2H2,1H3,(H,14,15). The van der Waals surface area contributed by atoms with E-state index in [0.29, 0.717) is 5.82 Å². The largest absolute Gasteiger partial charge is 0.329 e. The van der Waals surface area contributed by atoms with Crippen LogP contribution >= 0.6 is 0 Å². The number of nitrogens with one attached hydrogen (secondary N) is 1. The number of hydrogen-bond acceptors (Lipinski definition) is 2. The van der Waals surface area contributed by atoms with E-state index in [-0.39, 0.29) is 0 Å². The number of imidazole rings is 1. The summed E-state index contributed by atoms with van der Waals surface area (Å²) in [5, 5.41) is 8.64. The molecule has 0 atom stereocenters. The zero-order valence-electron chi connectivity index (χ0n) is 8.49. The van der Waals surface area contributed by atoms with E-state index < -0.39 is 0 Å². The summed E-state index contributed by atoms with van der Waals surface area (Å²) in [7, 11) is 0. The average Bonchev–Trinajstić information content (AvgIpc) is 2.78. The zero-order valence-corrected chi connectivity index (χ0v) is 8.49. The molecule has 0 radical (unpaired) electrons. The molecule has 74 valence electrons. The summed E-state index contributed by atoms with van der Waals surface area (Å²) in [4.78, 5) is 6.88. The van der Waals surface area contributed by atoms with Crippen molar-refractivity contribution in [2.75, 3.05) is 0 Å². The maximum absolute atomic E-state index is 8.64. The Labute approximate surface area is 88.4 Å². The van der Waals surface area contributed by atoms with Crippen LogP contribution in [0.3, 0.4) is 0 Å². The Hall–Kier alpha value is -2.08. The fourth-order valence-corrected chi connectivity index (χ4v) is 1.44. The third kappa shape index (κ3) is 1.89. The fourth-order valence-electron chi connectivity index (χ4n) is 1.44. The van der Waals surface area contributed by atoms with Crippen molar-refractivity contribution >= 4 is 0 Å².